The summed E-state index contributed by atoms with van der Waals surface area (Å²) in [7, 11) is -3.39. The Morgan fingerprint density at radius 2 is 1.58 bits per heavy atom. The Morgan fingerprint density at radius 1 is 0.970 bits per heavy atom. The molecule has 0 fully saturated rings. The summed E-state index contributed by atoms with van der Waals surface area (Å²) in [5.74, 6) is -1.21. The third-order valence-corrected chi connectivity index (χ3v) is 5.29. The van der Waals surface area contributed by atoms with Gasteiger partial charge in [-0.15, -0.1) is 0 Å². The number of carbonyl (C=O) groups excluding carboxylic acids is 3. The standard InChI is InChI=1S/C23H28N2O7S/c1-23(2,3)32-22(28)24-15-20(26)25-19(14-16-8-6-5-7-9-16)21(27)31-17-10-12-18(13-11-17)33(4,29)30/h5-13,19H,14-15H2,1-4H3,(H,24,28)(H,25,26)/t19-/m0/s1. The molecule has 10 heteroatoms. The normalized spacial score (nSPS) is 12.4. The summed E-state index contributed by atoms with van der Waals surface area (Å²) in [6.07, 6.45) is 0.468. The Bertz CT molecular complexity index is 1080. The lowest BCUT2D eigenvalue weighted by Gasteiger charge is -2.20. The van der Waals surface area contributed by atoms with Gasteiger partial charge < -0.3 is 20.1 Å². The van der Waals surface area contributed by atoms with Crippen LogP contribution >= 0.6 is 0 Å². The molecule has 0 aliphatic heterocycles. The molecule has 2 amide bonds. The molecule has 0 radical (unpaired) electrons. The predicted octanol–water partition coefficient (Wildman–Crippen LogP) is 2.25. The summed E-state index contributed by atoms with van der Waals surface area (Å²) < 4.78 is 33.6. The van der Waals surface area contributed by atoms with E-state index >= 15 is 0 Å². The number of nitrogens with one attached hydrogen (secondary N) is 2. The van der Waals surface area contributed by atoms with Crippen molar-refractivity contribution in [1.29, 1.82) is 0 Å². The minimum Gasteiger partial charge on any atom is -0.444 e. The molecule has 2 N–H and O–H groups in total. The first kappa shape index (κ1) is 25.9. The second-order valence-corrected chi connectivity index (χ2v) is 10.3. The lowest BCUT2D eigenvalue weighted by atomic mass is 10.1. The van der Waals surface area contributed by atoms with Crippen LogP contribution in [0.3, 0.4) is 0 Å². The predicted molar refractivity (Wildman–Crippen MR) is 122 cm³/mol. The highest BCUT2D eigenvalue weighted by Gasteiger charge is 2.24. The van der Waals surface area contributed by atoms with E-state index in [1.54, 1.807) is 45.0 Å². The van der Waals surface area contributed by atoms with Crippen molar-refractivity contribution in [3.8, 4) is 5.75 Å². The average Bonchev–Trinajstić information content (AvgIpc) is 2.71. The number of carbonyl (C=O) groups is 3. The van der Waals surface area contributed by atoms with Crippen LogP contribution in [0.15, 0.2) is 59.5 Å². The van der Waals surface area contributed by atoms with Gasteiger partial charge in [-0.1, -0.05) is 30.3 Å². The lowest BCUT2D eigenvalue weighted by Crippen LogP contribution is -2.48. The van der Waals surface area contributed by atoms with Gasteiger partial charge in [-0.3, -0.25) is 4.79 Å². The molecule has 0 saturated carbocycles. The zero-order valence-electron chi connectivity index (χ0n) is 19.0. The molecule has 0 aromatic heterocycles. The number of sulfone groups is 1. The molecule has 33 heavy (non-hydrogen) atoms. The van der Waals surface area contributed by atoms with Gasteiger partial charge >= 0.3 is 12.1 Å². The van der Waals surface area contributed by atoms with Gasteiger partial charge in [-0.25, -0.2) is 18.0 Å². The van der Waals surface area contributed by atoms with E-state index in [1.807, 2.05) is 6.07 Å². The monoisotopic (exact) mass is 476 g/mol. The molecule has 178 valence electrons. The summed E-state index contributed by atoms with van der Waals surface area (Å²) in [5, 5.41) is 4.89. The molecule has 9 nitrogen and oxygen atoms in total. The van der Waals surface area contributed by atoms with Crippen LogP contribution in [0.1, 0.15) is 26.3 Å². The van der Waals surface area contributed by atoms with E-state index in [0.29, 0.717) is 0 Å². The molecule has 0 saturated heterocycles. The number of hydrogen-bond donors (Lipinski definition) is 2. The molecule has 0 unspecified atom stereocenters. The second kappa shape index (κ2) is 11.0. The van der Waals surface area contributed by atoms with Crippen LogP contribution in [-0.4, -0.2) is 50.8 Å². The number of rotatable bonds is 8. The Labute approximate surface area is 193 Å². The van der Waals surface area contributed by atoms with Crippen molar-refractivity contribution in [3.63, 3.8) is 0 Å². The Balaban J connectivity index is 2.07. The van der Waals surface area contributed by atoms with Gasteiger partial charge in [0.05, 0.1) is 4.90 Å². The van der Waals surface area contributed by atoms with Gasteiger partial charge in [-0.2, -0.15) is 0 Å². The van der Waals surface area contributed by atoms with Crippen LogP contribution in [0.2, 0.25) is 0 Å². The van der Waals surface area contributed by atoms with Crippen molar-refractivity contribution < 1.29 is 32.3 Å². The average molecular weight is 477 g/mol. The fourth-order valence-corrected chi connectivity index (χ4v) is 3.33. The third-order valence-electron chi connectivity index (χ3n) is 4.16. The molecule has 0 spiro atoms. The first-order chi connectivity index (χ1) is 15.3. The minimum atomic E-state index is -3.39. The lowest BCUT2D eigenvalue weighted by molar-refractivity contribution is -0.139. The first-order valence-electron chi connectivity index (χ1n) is 10.2. The van der Waals surface area contributed by atoms with Gasteiger partial charge in [-0.05, 0) is 50.6 Å². The smallest absolute Gasteiger partial charge is 0.408 e. The fourth-order valence-electron chi connectivity index (χ4n) is 2.70. The van der Waals surface area contributed by atoms with Crippen molar-refractivity contribution in [2.24, 2.45) is 0 Å². The maximum absolute atomic E-state index is 12.8. The number of ether oxygens (including phenoxy) is 2. The molecular formula is C23H28N2O7S. The van der Waals surface area contributed by atoms with Crippen LogP contribution in [0.4, 0.5) is 4.79 Å². The summed E-state index contributed by atoms with van der Waals surface area (Å²) in [5.41, 5.74) is 0.0691. The highest BCUT2D eigenvalue weighted by atomic mass is 32.2. The molecule has 1 atom stereocenters. The van der Waals surface area contributed by atoms with E-state index in [1.165, 1.54) is 24.3 Å². The molecule has 0 heterocycles. The molecule has 0 aliphatic rings. The summed E-state index contributed by atoms with van der Waals surface area (Å²) in [6.45, 7) is 4.69. The largest absolute Gasteiger partial charge is 0.444 e. The van der Waals surface area contributed by atoms with E-state index < -0.39 is 46.0 Å². The SMILES string of the molecule is CC(C)(C)OC(=O)NCC(=O)N[C@@H](Cc1ccccc1)C(=O)Oc1ccc(S(C)(=O)=O)cc1. The first-order valence-corrected chi connectivity index (χ1v) is 12.0. The highest BCUT2D eigenvalue weighted by molar-refractivity contribution is 7.90. The van der Waals surface area contributed by atoms with E-state index in [4.69, 9.17) is 9.47 Å². The Hall–Kier alpha value is -3.40. The van der Waals surface area contributed by atoms with Crippen molar-refractivity contribution in [3.05, 3.63) is 60.2 Å². The van der Waals surface area contributed by atoms with Gasteiger partial charge in [0, 0.05) is 12.7 Å². The van der Waals surface area contributed by atoms with Crippen molar-refractivity contribution in [1.82, 2.24) is 10.6 Å². The maximum Gasteiger partial charge on any atom is 0.408 e. The maximum atomic E-state index is 12.8. The summed E-state index contributed by atoms with van der Waals surface area (Å²) in [4.78, 5) is 37.0. The topological polar surface area (TPSA) is 128 Å². The highest BCUT2D eigenvalue weighted by Crippen LogP contribution is 2.17. The number of amides is 2. The summed E-state index contributed by atoms with van der Waals surface area (Å²) >= 11 is 0. The van der Waals surface area contributed by atoms with Crippen molar-refractivity contribution >= 4 is 27.8 Å². The van der Waals surface area contributed by atoms with Gasteiger partial charge in [0.15, 0.2) is 9.84 Å². The fraction of sp³-hybridized carbons (Fsp3) is 0.348. The van der Waals surface area contributed by atoms with Gasteiger partial charge in [0.2, 0.25) is 5.91 Å². The zero-order valence-corrected chi connectivity index (χ0v) is 19.8. The quantitative estimate of drug-likeness (QED) is 0.442. The van der Waals surface area contributed by atoms with E-state index in [9.17, 15) is 22.8 Å². The van der Waals surface area contributed by atoms with Gasteiger partial charge in [0.25, 0.3) is 0 Å². The molecule has 2 aromatic rings. The van der Waals surface area contributed by atoms with Crippen LogP contribution in [0.25, 0.3) is 0 Å². The molecule has 2 aromatic carbocycles. The van der Waals surface area contributed by atoms with Crippen molar-refractivity contribution in [2.75, 3.05) is 12.8 Å². The minimum absolute atomic E-state index is 0.0876. The van der Waals surface area contributed by atoms with Crippen LogP contribution in [0, 0.1) is 0 Å². The number of benzene rings is 2. The third kappa shape index (κ3) is 9.32. The van der Waals surface area contributed by atoms with Crippen LogP contribution < -0.4 is 15.4 Å². The Morgan fingerprint density at radius 3 is 2.12 bits per heavy atom. The number of esters is 1. The molecule has 0 aliphatic carbocycles. The number of alkyl carbamates (subject to hydrolysis) is 1. The second-order valence-electron chi connectivity index (χ2n) is 8.33. The number of hydrogen-bond acceptors (Lipinski definition) is 7. The molecule has 0 bridgehead atoms. The molecule has 2 rings (SSSR count). The van der Waals surface area contributed by atoms with Crippen LogP contribution in [0.5, 0.6) is 5.75 Å². The Kier molecular flexibility index (Phi) is 8.58. The van der Waals surface area contributed by atoms with E-state index in [2.05, 4.69) is 10.6 Å². The van der Waals surface area contributed by atoms with Gasteiger partial charge in [0.1, 0.15) is 23.9 Å². The van der Waals surface area contributed by atoms with Crippen molar-refractivity contribution in [2.45, 2.75) is 43.7 Å². The van der Waals surface area contributed by atoms with E-state index in [-0.39, 0.29) is 17.1 Å². The van der Waals surface area contributed by atoms with E-state index in [0.717, 1.165) is 11.8 Å². The van der Waals surface area contributed by atoms with Crippen LogP contribution in [-0.2, 0) is 30.6 Å². The zero-order chi connectivity index (χ0) is 24.6. The molecular weight excluding hydrogens is 448 g/mol. The summed E-state index contributed by atoms with van der Waals surface area (Å²) in [6, 6.07) is 13.3.